The van der Waals surface area contributed by atoms with E-state index in [1.54, 1.807) is 24.0 Å². The van der Waals surface area contributed by atoms with Gasteiger partial charge in [-0.2, -0.15) is 5.10 Å². The first-order chi connectivity index (χ1) is 15.0. The van der Waals surface area contributed by atoms with Gasteiger partial charge in [0.2, 0.25) is 5.69 Å². The minimum absolute atomic E-state index is 0.0533. The van der Waals surface area contributed by atoms with Crippen LogP contribution in [0.4, 0.5) is 0 Å². The van der Waals surface area contributed by atoms with Crippen molar-refractivity contribution in [2.45, 2.75) is 42.4 Å². The first-order valence-electron chi connectivity index (χ1n) is 9.85. The van der Waals surface area contributed by atoms with Gasteiger partial charge in [-0.1, -0.05) is 5.16 Å². The molecule has 3 aromatic rings. The second-order valence-electron chi connectivity index (χ2n) is 7.03. The molecule has 31 heavy (non-hydrogen) atoms. The molecule has 8 nitrogen and oxygen atoms in total. The van der Waals surface area contributed by atoms with Crippen LogP contribution < -0.4 is 0 Å². The van der Waals surface area contributed by atoms with Gasteiger partial charge in [0, 0.05) is 21.3 Å². The summed E-state index contributed by atoms with van der Waals surface area (Å²) in [5, 5.41) is 8.31. The van der Waals surface area contributed by atoms with Gasteiger partial charge in [-0.15, -0.1) is 23.5 Å². The molecule has 1 fully saturated rings. The highest BCUT2D eigenvalue weighted by Crippen LogP contribution is 2.44. The molecule has 0 unspecified atom stereocenters. The number of aromatic nitrogens is 4. The standard InChI is InChI=1S/C21H22N4O4S2/c1-5-28-21(27)16-15(18(29-24-16)12-6-7-12)17(26)13-8-9-14(20(31-4)19(13)30-3)25-10-22-11(2)23-25/h8-10,12H,5-7H2,1-4H3. The van der Waals surface area contributed by atoms with Gasteiger partial charge in [0.05, 0.1) is 12.3 Å². The van der Waals surface area contributed by atoms with Gasteiger partial charge < -0.3 is 9.26 Å². The molecule has 2 heterocycles. The van der Waals surface area contributed by atoms with Crippen LogP contribution in [-0.4, -0.2) is 50.8 Å². The van der Waals surface area contributed by atoms with Crippen molar-refractivity contribution in [3.05, 3.63) is 46.9 Å². The second-order valence-corrected chi connectivity index (χ2v) is 8.66. The quantitative estimate of drug-likeness (QED) is 0.278. The Morgan fingerprint density at radius 3 is 2.55 bits per heavy atom. The fraction of sp³-hybridized carbons (Fsp3) is 0.381. The molecule has 0 atom stereocenters. The summed E-state index contributed by atoms with van der Waals surface area (Å²) in [6, 6.07) is 3.61. The maximum Gasteiger partial charge on any atom is 0.361 e. The summed E-state index contributed by atoms with van der Waals surface area (Å²) in [6.07, 6.45) is 7.35. The summed E-state index contributed by atoms with van der Waals surface area (Å²) < 4.78 is 12.3. The van der Waals surface area contributed by atoms with Crippen LogP contribution >= 0.6 is 23.5 Å². The third kappa shape index (κ3) is 4.01. The Morgan fingerprint density at radius 2 is 1.97 bits per heavy atom. The van der Waals surface area contributed by atoms with Gasteiger partial charge in [-0.05, 0) is 51.3 Å². The number of ketones is 1. The van der Waals surface area contributed by atoms with E-state index in [-0.39, 0.29) is 29.6 Å². The Balaban J connectivity index is 1.84. The van der Waals surface area contributed by atoms with Crippen LogP contribution in [0.1, 0.15) is 63.7 Å². The van der Waals surface area contributed by atoms with Gasteiger partial charge in [0.15, 0.2) is 11.5 Å². The number of thioether (sulfide) groups is 2. The van der Waals surface area contributed by atoms with Crippen LogP contribution in [0.5, 0.6) is 0 Å². The molecule has 0 spiro atoms. The largest absolute Gasteiger partial charge is 0.461 e. The number of nitrogens with zero attached hydrogens (tertiary/aromatic N) is 4. The predicted molar refractivity (Wildman–Crippen MR) is 118 cm³/mol. The molecule has 162 valence electrons. The number of hydrogen-bond donors (Lipinski definition) is 0. The molecule has 2 aromatic heterocycles. The van der Waals surface area contributed by atoms with E-state index in [0.717, 1.165) is 28.3 Å². The highest BCUT2D eigenvalue weighted by Gasteiger charge is 2.38. The predicted octanol–water partition coefficient (Wildman–Crippen LogP) is 4.29. The lowest BCUT2D eigenvalue weighted by atomic mass is 9.99. The van der Waals surface area contributed by atoms with Crippen molar-refractivity contribution < 1.29 is 18.8 Å². The lowest BCUT2D eigenvalue weighted by Gasteiger charge is -2.15. The van der Waals surface area contributed by atoms with Crippen molar-refractivity contribution in [1.82, 2.24) is 19.9 Å². The lowest BCUT2D eigenvalue weighted by Crippen LogP contribution is -2.14. The average Bonchev–Trinajstić information content (AvgIpc) is 3.37. The molecule has 0 bridgehead atoms. The zero-order valence-electron chi connectivity index (χ0n) is 17.7. The number of esters is 1. The van der Waals surface area contributed by atoms with E-state index in [0.29, 0.717) is 17.1 Å². The number of benzene rings is 1. The molecule has 0 saturated heterocycles. The van der Waals surface area contributed by atoms with Crippen LogP contribution in [-0.2, 0) is 4.74 Å². The van der Waals surface area contributed by atoms with E-state index in [9.17, 15) is 9.59 Å². The first-order valence-corrected chi connectivity index (χ1v) is 12.3. The molecule has 0 aliphatic heterocycles. The number of carbonyl (C=O) groups excluding carboxylic acids is 2. The zero-order chi connectivity index (χ0) is 22.1. The second kappa shape index (κ2) is 8.88. The van der Waals surface area contributed by atoms with Crippen LogP contribution in [0.25, 0.3) is 5.69 Å². The normalized spacial score (nSPS) is 13.4. The van der Waals surface area contributed by atoms with Crippen molar-refractivity contribution in [2.24, 2.45) is 0 Å². The van der Waals surface area contributed by atoms with Crippen LogP contribution in [0.15, 0.2) is 32.8 Å². The molecule has 1 aliphatic carbocycles. The molecule has 1 aliphatic rings. The van der Waals surface area contributed by atoms with Crippen molar-refractivity contribution in [3.8, 4) is 5.69 Å². The Bertz CT molecular complexity index is 1150. The SMILES string of the molecule is CCOC(=O)c1noc(C2CC2)c1C(=O)c1ccc(-n2cnc(C)n2)c(SC)c1SC. The Kier molecular flexibility index (Phi) is 6.19. The van der Waals surface area contributed by atoms with E-state index in [1.807, 2.05) is 25.5 Å². The molecule has 0 radical (unpaired) electrons. The zero-order valence-corrected chi connectivity index (χ0v) is 19.3. The van der Waals surface area contributed by atoms with E-state index in [1.165, 1.54) is 23.5 Å². The fourth-order valence-corrected chi connectivity index (χ4v) is 5.23. The van der Waals surface area contributed by atoms with Crippen molar-refractivity contribution in [1.29, 1.82) is 0 Å². The number of ether oxygens (including phenoxy) is 1. The number of carbonyl (C=O) groups is 2. The van der Waals surface area contributed by atoms with Gasteiger partial charge in [0.25, 0.3) is 0 Å². The highest BCUT2D eigenvalue weighted by molar-refractivity contribution is 8.01. The monoisotopic (exact) mass is 458 g/mol. The minimum Gasteiger partial charge on any atom is -0.461 e. The number of hydrogen-bond acceptors (Lipinski definition) is 9. The molecule has 4 rings (SSSR count). The Hall–Kier alpha value is -2.59. The summed E-state index contributed by atoms with van der Waals surface area (Å²) in [5.74, 6) is 0.321. The number of aryl methyl sites for hydroxylation is 1. The van der Waals surface area contributed by atoms with Gasteiger partial charge >= 0.3 is 5.97 Å². The molecular formula is C21H22N4O4S2. The maximum atomic E-state index is 13.7. The molecule has 10 heteroatoms. The topological polar surface area (TPSA) is 100 Å². The van der Waals surface area contributed by atoms with E-state index in [2.05, 4.69) is 15.2 Å². The Labute approximate surface area is 188 Å². The van der Waals surface area contributed by atoms with Gasteiger partial charge in [-0.3, -0.25) is 4.79 Å². The number of rotatable bonds is 8. The molecule has 0 N–H and O–H groups in total. The summed E-state index contributed by atoms with van der Waals surface area (Å²) in [4.78, 5) is 32.1. The maximum absolute atomic E-state index is 13.7. The highest BCUT2D eigenvalue weighted by atomic mass is 32.2. The van der Waals surface area contributed by atoms with Crippen LogP contribution in [0, 0.1) is 6.92 Å². The molecular weight excluding hydrogens is 436 g/mol. The van der Waals surface area contributed by atoms with E-state index < -0.39 is 5.97 Å². The Morgan fingerprint density at radius 1 is 1.23 bits per heavy atom. The average molecular weight is 459 g/mol. The lowest BCUT2D eigenvalue weighted by molar-refractivity contribution is 0.0512. The van der Waals surface area contributed by atoms with Gasteiger partial charge in [-0.25, -0.2) is 14.5 Å². The third-order valence-electron chi connectivity index (χ3n) is 4.96. The van der Waals surface area contributed by atoms with Crippen molar-refractivity contribution in [2.75, 3.05) is 19.1 Å². The summed E-state index contributed by atoms with van der Waals surface area (Å²) in [5.41, 5.74) is 1.50. The smallest absolute Gasteiger partial charge is 0.361 e. The molecule has 0 amide bonds. The molecule has 1 aromatic carbocycles. The first kappa shape index (κ1) is 21.6. The van der Waals surface area contributed by atoms with Crippen LogP contribution in [0.2, 0.25) is 0 Å². The van der Waals surface area contributed by atoms with Crippen molar-refractivity contribution >= 4 is 35.3 Å². The van der Waals surface area contributed by atoms with Gasteiger partial charge in [0.1, 0.15) is 17.7 Å². The minimum atomic E-state index is -0.646. The third-order valence-corrected chi connectivity index (χ3v) is 6.74. The fourth-order valence-electron chi connectivity index (χ4n) is 3.39. The summed E-state index contributed by atoms with van der Waals surface area (Å²) in [6.45, 7) is 3.73. The summed E-state index contributed by atoms with van der Waals surface area (Å²) in [7, 11) is 0. The van der Waals surface area contributed by atoms with Crippen molar-refractivity contribution in [3.63, 3.8) is 0 Å². The van der Waals surface area contributed by atoms with Crippen LogP contribution in [0.3, 0.4) is 0 Å². The molecule has 1 saturated carbocycles. The summed E-state index contributed by atoms with van der Waals surface area (Å²) >= 11 is 3.00. The van der Waals surface area contributed by atoms with E-state index >= 15 is 0 Å². The van der Waals surface area contributed by atoms with E-state index in [4.69, 9.17) is 9.26 Å².